The Hall–Kier alpha value is -3.59. The lowest BCUT2D eigenvalue weighted by Gasteiger charge is -2.20. The van der Waals surface area contributed by atoms with Crippen LogP contribution in [-0.4, -0.2) is 37.2 Å². The van der Waals surface area contributed by atoms with E-state index in [1.54, 1.807) is 42.8 Å². The number of para-hydroxylation sites is 2. The quantitative estimate of drug-likeness (QED) is 0.512. The molecule has 0 saturated carbocycles. The van der Waals surface area contributed by atoms with Gasteiger partial charge in [0.15, 0.2) is 16.6 Å². The Morgan fingerprint density at radius 3 is 2.69 bits per heavy atom. The molecule has 4 rings (SSSR count). The highest BCUT2D eigenvalue weighted by atomic mass is 32.1. The summed E-state index contributed by atoms with van der Waals surface area (Å²) in [7, 11) is 1.55. The number of thiazole rings is 1. The molecule has 166 valence electrons. The molecule has 0 aliphatic carbocycles. The Morgan fingerprint density at radius 2 is 1.91 bits per heavy atom. The van der Waals surface area contributed by atoms with Crippen LogP contribution in [0.5, 0.6) is 17.2 Å². The van der Waals surface area contributed by atoms with Gasteiger partial charge in [0, 0.05) is 18.7 Å². The fourth-order valence-electron chi connectivity index (χ4n) is 3.20. The number of carbonyl (C=O) groups is 2. The maximum Gasteiger partial charge on any atom is 0.338 e. The molecule has 32 heavy (non-hydrogen) atoms. The number of aromatic nitrogens is 1. The molecule has 1 aliphatic rings. The SMILES string of the molecule is COc1ccccc1N(C(C)=O)c1nc(COC(=O)c2ccc3c(c2)OCCCO3)cs1. The molecule has 2 aromatic carbocycles. The number of hydrogen-bond donors (Lipinski definition) is 0. The van der Waals surface area contributed by atoms with E-state index in [1.165, 1.54) is 23.2 Å². The second-order valence-electron chi connectivity index (χ2n) is 6.94. The molecule has 0 radical (unpaired) electrons. The van der Waals surface area contributed by atoms with Crippen LogP contribution in [0, 0.1) is 0 Å². The number of benzene rings is 2. The van der Waals surface area contributed by atoms with Crippen molar-refractivity contribution < 1.29 is 28.5 Å². The first-order valence-electron chi connectivity index (χ1n) is 10.0. The maximum atomic E-state index is 12.5. The fraction of sp³-hybridized carbons (Fsp3) is 0.261. The molecular weight excluding hydrogens is 432 g/mol. The van der Waals surface area contributed by atoms with Gasteiger partial charge in [0.2, 0.25) is 5.91 Å². The van der Waals surface area contributed by atoms with Crippen molar-refractivity contribution in [1.82, 2.24) is 4.98 Å². The average molecular weight is 455 g/mol. The molecule has 1 aliphatic heterocycles. The number of methoxy groups -OCH3 is 1. The summed E-state index contributed by atoms with van der Waals surface area (Å²) in [5.41, 5.74) is 1.49. The Balaban J connectivity index is 1.46. The molecule has 1 amide bonds. The molecule has 1 aromatic heterocycles. The van der Waals surface area contributed by atoms with E-state index in [-0.39, 0.29) is 12.5 Å². The molecule has 0 N–H and O–H groups in total. The Labute approximate surface area is 189 Å². The zero-order chi connectivity index (χ0) is 22.5. The molecule has 2 heterocycles. The maximum absolute atomic E-state index is 12.5. The van der Waals surface area contributed by atoms with Gasteiger partial charge in [-0.05, 0) is 30.3 Å². The number of rotatable bonds is 6. The highest BCUT2D eigenvalue weighted by molar-refractivity contribution is 7.14. The highest BCUT2D eigenvalue weighted by Gasteiger charge is 2.22. The van der Waals surface area contributed by atoms with Gasteiger partial charge in [0.05, 0.1) is 37.3 Å². The van der Waals surface area contributed by atoms with E-state index in [2.05, 4.69) is 4.98 Å². The van der Waals surface area contributed by atoms with Gasteiger partial charge in [0.25, 0.3) is 0 Å². The van der Waals surface area contributed by atoms with Gasteiger partial charge in [-0.3, -0.25) is 9.69 Å². The van der Waals surface area contributed by atoms with Gasteiger partial charge in [-0.25, -0.2) is 9.78 Å². The van der Waals surface area contributed by atoms with Crippen molar-refractivity contribution in [2.75, 3.05) is 25.2 Å². The van der Waals surface area contributed by atoms with Crippen LogP contribution in [-0.2, 0) is 16.1 Å². The van der Waals surface area contributed by atoms with Crippen molar-refractivity contribution in [2.45, 2.75) is 20.0 Å². The summed E-state index contributed by atoms with van der Waals surface area (Å²) in [5.74, 6) is 0.994. The summed E-state index contributed by atoms with van der Waals surface area (Å²) in [4.78, 5) is 30.8. The van der Waals surface area contributed by atoms with Crippen molar-refractivity contribution >= 4 is 34.0 Å². The number of nitrogens with zero attached hydrogens (tertiary/aromatic N) is 2. The molecule has 3 aromatic rings. The van der Waals surface area contributed by atoms with Gasteiger partial charge in [-0.1, -0.05) is 12.1 Å². The third kappa shape index (κ3) is 4.67. The predicted molar refractivity (Wildman–Crippen MR) is 119 cm³/mol. The van der Waals surface area contributed by atoms with Crippen LogP contribution >= 0.6 is 11.3 Å². The Bertz CT molecular complexity index is 1130. The third-order valence-corrected chi connectivity index (χ3v) is 5.58. The summed E-state index contributed by atoms with van der Waals surface area (Å²) in [6.45, 7) is 2.54. The van der Waals surface area contributed by atoms with Crippen LogP contribution in [0.2, 0.25) is 0 Å². The van der Waals surface area contributed by atoms with Crippen molar-refractivity contribution in [3.63, 3.8) is 0 Å². The van der Waals surface area contributed by atoms with Gasteiger partial charge in [0.1, 0.15) is 12.4 Å². The van der Waals surface area contributed by atoms with Crippen molar-refractivity contribution in [2.24, 2.45) is 0 Å². The average Bonchev–Trinajstić information content (AvgIpc) is 3.13. The number of ether oxygens (including phenoxy) is 4. The molecule has 9 heteroatoms. The van der Waals surface area contributed by atoms with E-state index < -0.39 is 5.97 Å². The van der Waals surface area contributed by atoms with Crippen molar-refractivity contribution in [1.29, 1.82) is 0 Å². The summed E-state index contributed by atoms with van der Waals surface area (Å²) in [6.07, 6.45) is 0.784. The predicted octanol–water partition coefficient (Wildman–Crippen LogP) is 4.35. The molecule has 0 spiro atoms. The number of anilines is 2. The number of carbonyl (C=O) groups excluding carboxylic acids is 2. The molecule has 0 fully saturated rings. The van der Waals surface area contributed by atoms with Gasteiger partial charge < -0.3 is 18.9 Å². The molecule has 0 unspecified atom stereocenters. The van der Waals surface area contributed by atoms with Crippen molar-refractivity contribution in [3.05, 3.63) is 59.1 Å². The van der Waals surface area contributed by atoms with E-state index in [4.69, 9.17) is 18.9 Å². The van der Waals surface area contributed by atoms with E-state index in [0.29, 0.717) is 52.5 Å². The third-order valence-electron chi connectivity index (χ3n) is 4.71. The topological polar surface area (TPSA) is 87.2 Å². The summed E-state index contributed by atoms with van der Waals surface area (Å²) in [5, 5.41) is 2.21. The van der Waals surface area contributed by atoms with Gasteiger partial charge in [-0.2, -0.15) is 0 Å². The normalized spacial score (nSPS) is 12.6. The largest absolute Gasteiger partial charge is 0.495 e. The number of hydrogen-bond acceptors (Lipinski definition) is 8. The van der Waals surface area contributed by atoms with Crippen LogP contribution in [0.3, 0.4) is 0 Å². The number of amides is 1. The molecule has 0 saturated heterocycles. The number of fused-ring (bicyclic) bond motifs is 1. The van der Waals surface area contributed by atoms with Crippen LogP contribution in [0.4, 0.5) is 10.8 Å². The first-order valence-corrected chi connectivity index (χ1v) is 10.9. The van der Waals surface area contributed by atoms with Crippen molar-refractivity contribution in [3.8, 4) is 17.2 Å². The Kier molecular flexibility index (Phi) is 6.55. The first kappa shape index (κ1) is 21.6. The highest BCUT2D eigenvalue weighted by Crippen LogP contribution is 2.35. The van der Waals surface area contributed by atoms with Crippen LogP contribution < -0.4 is 19.1 Å². The zero-order valence-corrected chi connectivity index (χ0v) is 18.5. The van der Waals surface area contributed by atoms with E-state index in [9.17, 15) is 9.59 Å². The fourth-order valence-corrected chi connectivity index (χ4v) is 4.06. The summed E-state index contributed by atoms with van der Waals surface area (Å²) < 4.78 is 22.0. The molecular formula is C23H22N2O6S. The molecule has 0 bridgehead atoms. The minimum atomic E-state index is -0.497. The summed E-state index contributed by atoms with van der Waals surface area (Å²) >= 11 is 1.28. The van der Waals surface area contributed by atoms with Crippen LogP contribution in [0.15, 0.2) is 47.8 Å². The lowest BCUT2D eigenvalue weighted by molar-refractivity contribution is -0.115. The number of esters is 1. The minimum absolute atomic E-state index is 0.0263. The smallest absolute Gasteiger partial charge is 0.338 e. The minimum Gasteiger partial charge on any atom is -0.495 e. The van der Waals surface area contributed by atoms with E-state index >= 15 is 0 Å². The zero-order valence-electron chi connectivity index (χ0n) is 17.7. The lowest BCUT2D eigenvalue weighted by Crippen LogP contribution is -2.23. The Morgan fingerprint density at radius 1 is 1.12 bits per heavy atom. The first-order chi connectivity index (χ1) is 15.6. The summed E-state index contributed by atoms with van der Waals surface area (Å²) in [6, 6.07) is 12.2. The molecule has 8 nitrogen and oxygen atoms in total. The van der Waals surface area contributed by atoms with Gasteiger partial charge >= 0.3 is 5.97 Å². The monoisotopic (exact) mass is 454 g/mol. The molecule has 0 atom stereocenters. The van der Waals surface area contributed by atoms with E-state index in [0.717, 1.165) is 6.42 Å². The van der Waals surface area contributed by atoms with Crippen LogP contribution in [0.25, 0.3) is 0 Å². The standard InChI is InChI=1S/C23H22N2O6S/c1-15(26)25(18-6-3-4-7-19(18)28-2)23-24-17(14-32-23)13-31-22(27)16-8-9-20-21(12-16)30-11-5-10-29-20/h3-4,6-9,12,14H,5,10-11,13H2,1-2H3. The lowest BCUT2D eigenvalue weighted by atomic mass is 10.2. The van der Waals surface area contributed by atoms with E-state index in [1.807, 2.05) is 12.1 Å². The second-order valence-corrected chi connectivity index (χ2v) is 7.77. The van der Waals surface area contributed by atoms with Crippen LogP contribution in [0.1, 0.15) is 29.4 Å². The second kappa shape index (κ2) is 9.69. The van der Waals surface area contributed by atoms with Gasteiger partial charge in [-0.15, -0.1) is 11.3 Å².